The fourth-order valence-corrected chi connectivity index (χ4v) is 3.69. The lowest BCUT2D eigenvalue weighted by molar-refractivity contribution is 0.356. The zero-order valence-electron chi connectivity index (χ0n) is 20.0. The largest absolute Gasteiger partial charge is 0.252 e. The molecule has 0 unspecified atom stereocenters. The second-order valence-corrected chi connectivity index (χ2v) is 11.2. The third-order valence-electron chi connectivity index (χ3n) is 5.51. The van der Waals surface area contributed by atoms with Gasteiger partial charge in [-0.05, 0) is 42.9 Å². The van der Waals surface area contributed by atoms with Gasteiger partial charge in [-0.25, -0.2) is 0 Å². The molecule has 3 nitrogen and oxygen atoms in total. The molecule has 0 radical (unpaired) electrons. The Morgan fingerprint density at radius 1 is 0.643 bits per heavy atom. The number of unbranched alkanes of at least 4 members (excludes halogenated alkanes) is 9. The van der Waals surface area contributed by atoms with Crippen LogP contribution in [0.25, 0.3) is 0 Å². The average Bonchev–Trinajstić information content (AvgIpc) is 3.02. The van der Waals surface area contributed by atoms with Gasteiger partial charge >= 0.3 is 0 Å². The fourth-order valence-electron chi connectivity index (χ4n) is 3.69. The smallest absolute Gasteiger partial charge is 0.0827 e. The molecule has 28 heavy (non-hydrogen) atoms. The molecule has 1 aromatic rings. The van der Waals surface area contributed by atoms with Gasteiger partial charge in [0.2, 0.25) is 0 Å². The Balaban J connectivity index is 1.93. The SMILES string of the molecule is CC(C)(C)CCCCCCCCCCCn1cc(CCCCC(C)(C)C)nn1. The van der Waals surface area contributed by atoms with Gasteiger partial charge in [0, 0.05) is 12.7 Å². The second-order valence-electron chi connectivity index (χ2n) is 11.2. The summed E-state index contributed by atoms with van der Waals surface area (Å²) in [5.41, 5.74) is 2.13. The van der Waals surface area contributed by atoms with E-state index in [2.05, 4.69) is 58.1 Å². The van der Waals surface area contributed by atoms with Crippen molar-refractivity contribution in [2.24, 2.45) is 10.8 Å². The number of rotatable bonds is 15. The van der Waals surface area contributed by atoms with E-state index in [1.165, 1.54) is 89.2 Å². The molecule has 0 bridgehead atoms. The Labute approximate surface area is 176 Å². The molecular weight excluding hydrogens is 342 g/mol. The van der Waals surface area contributed by atoms with E-state index < -0.39 is 0 Å². The van der Waals surface area contributed by atoms with Crippen molar-refractivity contribution in [1.82, 2.24) is 15.0 Å². The van der Waals surface area contributed by atoms with Crippen LogP contribution in [-0.4, -0.2) is 15.0 Å². The summed E-state index contributed by atoms with van der Waals surface area (Å²) in [7, 11) is 0. The minimum Gasteiger partial charge on any atom is -0.252 e. The Morgan fingerprint density at radius 3 is 1.64 bits per heavy atom. The van der Waals surface area contributed by atoms with Crippen molar-refractivity contribution in [1.29, 1.82) is 0 Å². The highest BCUT2D eigenvalue weighted by atomic mass is 15.4. The highest BCUT2D eigenvalue weighted by Gasteiger charge is 2.10. The average molecular weight is 392 g/mol. The first-order valence-corrected chi connectivity index (χ1v) is 12.0. The minimum atomic E-state index is 0.448. The molecule has 1 rings (SSSR count). The van der Waals surface area contributed by atoms with Crippen LogP contribution in [-0.2, 0) is 13.0 Å². The standard InChI is InChI=1S/C25H49N3/c1-24(2,3)19-15-12-10-8-7-9-11-13-17-21-28-22-23(26-27-28)18-14-16-20-25(4,5)6/h22H,7-21H2,1-6H3. The van der Waals surface area contributed by atoms with Gasteiger partial charge in [-0.1, -0.05) is 105 Å². The first-order chi connectivity index (χ1) is 13.2. The van der Waals surface area contributed by atoms with Crippen LogP contribution in [0.3, 0.4) is 0 Å². The molecular formula is C25H49N3. The number of nitrogens with zero attached hydrogens (tertiary/aromatic N) is 3. The van der Waals surface area contributed by atoms with E-state index in [9.17, 15) is 0 Å². The fraction of sp³-hybridized carbons (Fsp3) is 0.920. The van der Waals surface area contributed by atoms with E-state index in [1.807, 2.05) is 4.68 Å². The van der Waals surface area contributed by atoms with Crippen LogP contribution in [0, 0.1) is 10.8 Å². The summed E-state index contributed by atoms with van der Waals surface area (Å²) in [6.07, 6.45) is 20.8. The molecule has 0 N–H and O–H groups in total. The number of aromatic nitrogens is 3. The highest BCUT2D eigenvalue weighted by Crippen LogP contribution is 2.23. The molecule has 0 atom stereocenters. The molecule has 1 heterocycles. The van der Waals surface area contributed by atoms with E-state index in [0.717, 1.165) is 13.0 Å². The molecule has 3 heteroatoms. The van der Waals surface area contributed by atoms with Crippen LogP contribution in [0.5, 0.6) is 0 Å². The van der Waals surface area contributed by atoms with E-state index in [-0.39, 0.29) is 0 Å². The van der Waals surface area contributed by atoms with Gasteiger partial charge in [-0.2, -0.15) is 0 Å². The summed E-state index contributed by atoms with van der Waals surface area (Å²) in [5, 5.41) is 8.65. The first-order valence-electron chi connectivity index (χ1n) is 12.0. The Hall–Kier alpha value is -0.860. The maximum atomic E-state index is 4.34. The Morgan fingerprint density at radius 2 is 1.11 bits per heavy atom. The van der Waals surface area contributed by atoms with Crippen molar-refractivity contribution in [3.63, 3.8) is 0 Å². The van der Waals surface area contributed by atoms with Crippen LogP contribution in [0.2, 0.25) is 0 Å². The predicted octanol–water partition coefficient (Wildman–Crippen LogP) is 7.98. The molecule has 0 aliphatic rings. The van der Waals surface area contributed by atoms with Crippen molar-refractivity contribution in [3.8, 4) is 0 Å². The molecule has 0 spiro atoms. The van der Waals surface area contributed by atoms with Crippen LogP contribution < -0.4 is 0 Å². The maximum Gasteiger partial charge on any atom is 0.0827 e. The van der Waals surface area contributed by atoms with Gasteiger partial charge in [0.05, 0.1) is 5.69 Å². The van der Waals surface area contributed by atoms with Crippen LogP contribution in [0.4, 0.5) is 0 Å². The molecule has 0 aliphatic heterocycles. The molecule has 0 fully saturated rings. The van der Waals surface area contributed by atoms with Crippen molar-refractivity contribution in [2.45, 2.75) is 138 Å². The molecule has 0 saturated carbocycles. The van der Waals surface area contributed by atoms with E-state index >= 15 is 0 Å². The summed E-state index contributed by atoms with van der Waals surface area (Å²) < 4.78 is 2.05. The minimum absolute atomic E-state index is 0.448. The first kappa shape index (κ1) is 25.2. The van der Waals surface area contributed by atoms with E-state index in [0.29, 0.717) is 10.8 Å². The van der Waals surface area contributed by atoms with Crippen LogP contribution in [0.15, 0.2) is 6.20 Å². The molecule has 0 aromatic carbocycles. The Bertz CT molecular complexity index is 491. The quantitative estimate of drug-likeness (QED) is 0.284. The third kappa shape index (κ3) is 15.1. The lowest BCUT2D eigenvalue weighted by Gasteiger charge is -2.17. The zero-order chi connectivity index (χ0) is 20.9. The van der Waals surface area contributed by atoms with Crippen molar-refractivity contribution < 1.29 is 0 Å². The van der Waals surface area contributed by atoms with Crippen molar-refractivity contribution in [2.75, 3.05) is 0 Å². The van der Waals surface area contributed by atoms with Crippen molar-refractivity contribution in [3.05, 3.63) is 11.9 Å². The van der Waals surface area contributed by atoms with Gasteiger partial charge in [0.15, 0.2) is 0 Å². The monoisotopic (exact) mass is 391 g/mol. The van der Waals surface area contributed by atoms with E-state index in [1.54, 1.807) is 0 Å². The van der Waals surface area contributed by atoms with Gasteiger partial charge in [-0.15, -0.1) is 5.10 Å². The molecule has 0 saturated heterocycles. The summed E-state index contributed by atoms with van der Waals surface area (Å²) in [4.78, 5) is 0. The van der Waals surface area contributed by atoms with E-state index in [4.69, 9.17) is 0 Å². The molecule has 164 valence electrons. The summed E-state index contributed by atoms with van der Waals surface area (Å²) >= 11 is 0. The van der Waals surface area contributed by atoms with Gasteiger partial charge in [0.25, 0.3) is 0 Å². The number of aryl methyl sites for hydroxylation is 2. The second kappa shape index (κ2) is 13.4. The maximum absolute atomic E-state index is 4.34. The summed E-state index contributed by atoms with van der Waals surface area (Å²) in [6.45, 7) is 15.0. The van der Waals surface area contributed by atoms with Gasteiger partial charge in [0.1, 0.15) is 0 Å². The predicted molar refractivity (Wildman–Crippen MR) is 123 cm³/mol. The lowest BCUT2D eigenvalue weighted by atomic mass is 9.89. The molecule has 1 aromatic heterocycles. The van der Waals surface area contributed by atoms with Crippen LogP contribution in [0.1, 0.15) is 131 Å². The number of hydrogen-bond donors (Lipinski definition) is 0. The molecule has 0 aliphatic carbocycles. The number of hydrogen-bond acceptors (Lipinski definition) is 2. The van der Waals surface area contributed by atoms with Gasteiger partial charge < -0.3 is 0 Å². The normalized spacial score (nSPS) is 12.6. The zero-order valence-corrected chi connectivity index (χ0v) is 20.0. The molecule has 0 amide bonds. The lowest BCUT2D eigenvalue weighted by Crippen LogP contribution is -2.04. The Kier molecular flexibility index (Phi) is 12.0. The summed E-state index contributed by atoms with van der Waals surface area (Å²) in [5.74, 6) is 0. The van der Waals surface area contributed by atoms with Crippen molar-refractivity contribution >= 4 is 0 Å². The highest BCUT2D eigenvalue weighted by molar-refractivity contribution is 4.92. The van der Waals surface area contributed by atoms with Crippen LogP contribution >= 0.6 is 0 Å². The third-order valence-corrected chi connectivity index (χ3v) is 5.51. The topological polar surface area (TPSA) is 30.7 Å². The van der Waals surface area contributed by atoms with Gasteiger partial charge in [-0.3, -0.25) is 4.68 Å². The summed E-state index contributed by atoms with van der Waals surface area (Å²) in [6, 6.07) is 0.